The van der Waals surface area contributed by atoms with Crippen molar-refractivity contribution < 1.29 is 9.18 Å². The third kappa shape index (κ3) is 1.08. The molecule has 2 aliphatic rings. The van der Waals surface area contributed by atoms with E-state index in [4.69, 9.17) is 0 Å². The van der Waals surface area contributed by atoms with Gasteiger partial charge in [-0.15, -0.1) is 0 Å². The molecule has 2 heterocycles. The van der Waals surface area contributed by atoms with Crippen LogP contribution >= 0.6 is 0 Å². The maximum absolute atomic E-state index is 13.5. The third-order valence-electron chi connectivity index (χ3n) is 3.21. The van der Waals surface area contributed by atoms with Crippen molar-refractivity contribution in [2.24, 2.45) is 0 Å². The van der Waals surface area contributed by atoms with Crippen molar-refractivity contribution >= 4 is 11.6 Å². The van der Waals surface area contributed by atoms with E-state index >= 15 is 0 Å². The number of carbonyl (C=O) groups is 1. The fourth-order valence-electron chi connectivity index (χ4n) is 2.38. The summed E-state index contributed by atoms with van der Waals surface area (Å²) in [7, 11) is 0. The molecule has 0 aromatic heterocycles. The Morgan fingerprint density at radius 1 is 1.38 bits per heavy atom. The Bertz CT molecular complexity index is 498. The van der Waals surface area contributed by atoms with Gasteiger partial charge in [0.2, 0.25) is 5.91 Å². The molecule has 0 radical (unpaired) electrons. The lowest BCUT2D eigenvalue weighted by molar-refractivity contribution is -0.119. The highest BCUT2D eigenvalue weighted by Gasteiger charge is 2.46. The average Bonchev–Trinajstić information content (AvgIpc) is 2.57. The summed E-state index contributed by atoms with van der Waals surface area (Å²) in [5, 5.41) is 5.76. The summed E-state index contributed by atoms with van der Waals surface area (Å²) in [5.74, 6) is -0.530. The summed E-state index contributed by atoms with van der Waals surface area (Å²) >= 11 is 0. The minimum absolute atomic E-state index is 0.156. The Labute approximate surface area is 92.3 Å². The number of hydrogen-bond donors (Lipinski definition) is 2. The molecule has 0 bridgehead atoms. The van der Waals surface area contributed by atoms with Crippen LogP contribution in [-0.2, 0) is 10.2 Å². The second-order valence-electron chi connectivity index (χ2n) is 4.12. The lowest BCUT2D eigenvalue weighted by atomic mass is 9.80. The highest BCUT2D eigenvalue weighted by molar-refractivity contribution is 6.08. The molecule has 1 aromatic carbocycles. The van der Waals surface area contributed by atoms with E-state index < -0.39 is 5.41 Å². The fraction of sp³-hybridized carbons (Fsp3) is 0.250. The summed E-state index contributed by atoms with van der Waals surface area (Å²) in [4.78, 5) is 12.0. The second-order valence-corrected chi connectivity index (χ2v) is 4.12. The van der Waals surface area contributed by atoms with Gasteiger partial charge < -0.3 is 10.6 Å². The fourth-order valence-corrected chi connectivity index (χ4v) is 2.38. The van der Waals surface area contributed by atoms with Gasteiger partial charge in [0.05, 0.1) is 5.69 Å². The van der Waals surface area contributed by atoms with E-state index in [1.807, 2.05) is 12.2 Å². The quantitative estimate of drug-likeness (QED) is 0.642. The van der Waals surface area contributed by atoms with Crippen molar-refractivity contribution in [3.63, 3.8) is 0 Å². The van der Waals surface area contributed by atoms with E-state index in [9.17, 15) is 9.18 Å². The zero-order valence-corrected chi connectivity index (χ0v) is 8.59. The van der Waals surface area contributed by atoms with Gasteiger partial charge >= 0.3 is 0 Å². The standard InChI is InChI=1S/C12H11FN2O/c13-9-4-1-3-8-10(9)15-11(16)12(8)5-2-6-14-7-12/h1-5,14H,6-7H2,(H,15,16)/t12-/m0/s1. The molecule has 1 aromatic rings. The van der Waals surface area contributed by atoms with Crippen LogP contribution < -0.4 is 10.6 Å². The zero-order valence-electron chi connectivity index (χ0n) is 8.59. The molecule has 0 fully saturated rings. The first-order valence-corrected chi connectivity index (χ1v) is 5.23. The highest BCUT2D eigenvalue weighted by Crippen LogP contribution is 2.40. The molecule has 2 N–H and O–H groups in total. The van der Waals surface area contributed by atoms with Crippen molar-refractivity contribution in [3.8, 4) is 0 Å². The highest BCUT2D eigenvalue weighted by atomic mass is 19.1. The number of amides is 1. The number of anilines is 1. The molecule has 1 atom stereocenters. The normalized spacial score (nSPS) is 26.9. The first-order chi connectivity index (χ1) is 7.74. The van der Waals surface area contributed by atoms with Crippen LogP contribution in [-0.4, -0.2) is 19.0 Å². The first kappa shape index (κ1) is 9.54. The van der Waals surface area contributed by atoms with Crippen LogP contribution in [0.4, 0.5) is 10.1 Å². The summed E-state index contributed by atoms with van der Waals surface area (Å²) in [6.07, 6.45) is 3.77. The molecular formula is C12H11FN2O. The molecule has 1 amide bonds. The van der Waals surface area contributed by atoms with E-state index in [-0.39, 0.29) is 11.7 Å². The average molecular weight is 218 g/mol. The Balaban J connectivity index is 2.23. The molecule has 0 saturated carbocycles. The smallest absolute Gasteiger partial charge is 0.240 e. The van der Waals surface area contributed by atoms with Gasteiger partial charge in [-0.05, 0) is 11.6 Å². The minimum Gasteiger partial charge on any atom is -0.322 e. The molecule has 0 aliphatic carbocycles. The number of halogens is 1. The van der Waals surface area contributed by atoms with E-state index in [1.54, 1.807) is 12.1 Å². The number of hydrogen-bond acceptors (Lipinski definition) is 2. The van der Waals surface area contributed by atoms with Crippen LogP contribution in [0.15, 0.2) is 30.4 Å². The topological polar surface area (TPSA) is 41.1 Å². The maximum Gasteiger partial charge on any atom is 0.240 e. The van der Waals surface area contributed by atoms with Crippen LogP contribution in [0.5, 0.6) is 0 Å². The van der Waals surface area contributed by atoms with Crippen LogP contribution in [0.1, 0.15) is 5.56 Å². The van der Waals surface area contributed by atoms with Gasteiger partial charge in [0, 0.05) is 13.1 Å². The molecule has 4 heteroatoms. The number of benzene rings is 1. The summed E-state index contributed by atoms with van der Waals surface area (Å²) in [6, 6.07) is 4.80. The summed E-state index contributed by atoms with van der Waals surface area (Å²) in [5.41, 5.74) is 0.317. The van der Waals surface area contributed by atoms with Crippen LogP contribution in [0.2, 0.25) is 0 Å². The van der Waals surface area contributed by atoms with Crippen molar-refractivity contribution in [2.75, 3.05) is 18.4 Å². The number of fused-ring (bicyclic) bond motifs is 2. The van der Waals surface area contributed by atoms with Crippen molar-refractivity contribution in [2.45, 2.75) is 5.41 Å². The van der Waals surface area contributed by atoms with Crippen molar-refractivity contribution in [1.82, 2.24) is 5.32 Å². The largest absolute Gasteiger partial charge is 0.322 e. The zero-order chi connectivity index (χ0) is 11.2. The minimum atomic E-state index is -0.727. The second kappa shape index (κ2) is 3.15. The van der Waals surface area contributed by atoms with E-state index in [0.29, 0.717) is 12.2 Å². The number of para-hydroxylation sites is 1. The van der Waals surface area contributed by atoms with E-state index in [1.165, 1.54) is 6.07 Å². The molecule has 3 rings (SSSR count). The molecule has 0 unspecified atom stereocenters. The molecular weight excluding hydrogens is 207 g/mol. The van der Waals surface area contributed by atoms with Crippen molar-refractivity contribution in [1.29, 1.82) is 0 Å². The Hall–Kier alpha value is -1.68. The first-order valence-electron chi connectivity index (χ1n) is 5.23. The Kier molecular flexibility index (Phi) is 1.88. The molecule has 82 valence electrons. The van der Waals surface area contributed by atoms with E-state index in [0.717, 1.165) is 12.1 Å². The lowest BCUT2D eigenvalue weighted by Crippen LogP contribution is -2.44. The van der Waals surface area contributed by atoms with Gasteiger partial charge in [0.15, 0.2) is 0 Å². The molecule has 1 spiro atoms. The van der Waals surface area contributed by atoms with Crippen LogP contribution in [0.25, 0.3) is 0 Å². The van der Waals surface area contributed by atoms with Gasteiger partial charge in [0.1, 0.15) is 11.2 Å². The maximum atomic E-state index is 13.5. The monoisotopic (exact) mass is 218 g/mol. The lowest BCUT2D eigenvalue weighted by Gasteiger charge is -2.27. The predicted molar refractivity (Wildman–Crippen MR) is 58.7 cm³/mol. The van der Waals surface area contributed by atoms with Crippen LogP contribution in [0, 0.1) is 5.82 Å². The molecule has 2 aliphatic heterocycles. The van der Waals surface area contributed by atoms with Crippen LogP contribution in [0.3, 0.4) is 0 Å². The van der Waals surface area contributed by atoms with Gasteiger partial charge in [-0.2, -0.15) is 0 Å². The van der Waals surface area contributed by atoms with Gasteiger partial charge in [-0.25, -0.2) is 4.39 Å². The number of nitrogens with one attached hydrogen (secondary N) is 2. The predicted octanol–water partition coefficient (Wildman–Crippen LogP) is 1.17. The Morgan fingerprint density at radius 2 is 2.25 bits per heavy atom. The van der Waals surface area contributed by atoms with Crippen molar-refractivity contribution in [3.05, 3.63) is 41.7 Å². The summed E-state index contributed by atoms with van der Waals surface area (Å²) in [6.45, 7) is 1.27. The molecule has 3 nitrogen and oxygen atoms in total. The molecule has 0 saturated heterocycles. The third-order valence-corrected chi connectivity index (χ3v) is 3.21. The Morgan fingerprint density at radius 3 is 3.00 bits per heavy atom. The molecule has 16 heavy (non-hydrogen) atoms. The van der Waals surface area contributed by atoms with Gasteiger partial charge in [-0.1, -0.05) is 24.3 Å². The summed E-state index contributed by atoms with van der Waals surface area (Å²) < 4.78 is 13.5. The number of rotatable bonds is 0. The number of carbonyl (C=O) groups excluding carboxylic acids is 1. The van der Waals surface area contributed by atoms with Gasteiger partial charge in [0.25, 0.3) is 0 Å². The van der Waals surface area contributed by atoms with E-state index in [2.05, 4.69) is 10.6 Å². The van der Waals surface area contributed by atoms with Gasteiger partial charge in [-0.3, -0.25) is 4.79 Å². The SMILES string of the molecule is O=C1Nc2c(F)cccc2[C@@]12C=CCNC2.